The van der Waals surface area contributed by atoms with E-state index in [2.05, 4.69) is 0 Å². The van der Waals surface area contributed by atoms with Crippen LogP contribution in [0.2, 0.25) is 0 Å². The molecule has 0 fully saturated rings. The maximum Gasteiger partial charge on any atom is 0.179 e. The number of Topliss-reactive ketones (excluding diaryl/α,β-unsaturated/α-hetero) is 1. The van der Waals surface area contributed by atoms with Gasteiger partial charge in [0.25, 0.3) is 0 Å². The quantitative estimate of drug-likeness (QED) is 0.656. The topological polar surface area (TPSA) is 48.7 Å². The summed E-state index contributed by atoms with van der Waals surface area (Å²) in [6.07, 6.45) is 1.49. The van der Waals surface area contributed by atoms with Crippen molar-refractivity contribution >= 4 is 16.8 Å². The fourth-order valence-electron chi connectivity index (χ4n) is 2.42. The van der Waals surface area contributed by atoms with Crippen LogP contribution in [0.15, 0.2) is 47.1 Å². The maximum absolute atomic E-state index is 13.7. The molecule has 0 unspecified atom stereocenters. The van der Waals surface area contributed by atoms with E-state index in [0.29, 0.717) is 33.6 Å². The molecule has 0 aliphatic rings. The van der Waals surface area contributed by atoms with E-state index < -0.39 is 0 Å². The van der Waals surface area contributed by atoms with Gasteiger partial charge in [0.15, 0.2) is 17.1 Å². The van der Waals surface area contributed by atoms with Crippen molar-refractivity contribution < 1.29 is 23.1 Å². The van der Waals surface area contributed by atoms with Crippen molar-refractivity contribution in [3.05, 3.63) is 59.6 Å². The summed E-state index contributed by atoms with van der Waals surface area (Å²) >= 11 is 0. The Morgan fingerprint density at radius 2 is 2.04 bits per heavy atom. The van der Waals surface area contributed by atoms with Gasteiger partial charge in [0.2, 0.25) is 0 Å². The SMILES string of the molecule is COc1cc(C(C)=O)c(OCc2ccccc2F)c2ccoc12. The molecule has 0 radical (unpaired) electrons. The summed E-state index contributed by atoms with van der Waals surface area (Å²) in [7, 11) is 1.50. The van der Waals surface area contributed by atoms with Gasteiger partial charge in [-0.3, -0.25) is 4.79 Å². The van der Waals surface area contributed by atoms with Gasteiger partial charge in [0, 0.05) is 5.56 Å². The first-order valence-electron chi connectivity index (χ1n) is 7.07. The molecule has 0 aliphatic carbocycles. The largest absolute Gasteiger partial charge is 0.493 e. The van der Waals surface area contributed by atoms with E-state index in [1.54, 1.807) is 30.3 Å². The van der Waals surface area contributed by atoms with Crippen molar-refractivity contribution in [1.29, 1.82) is 0 Å². The van der Waals surface area contributed by atoms with Crippen LogP contribution in [0.1, 0.15) is 22.8 Å². The van der Waals surface area contributed by atoms with E-state index in [9.17, 15) is 9.18 Å². The Kier molecular flexibility index (Phi) is 4.02. The van der Waals surface area contributed by atoms with Crippen molar-refractivity contribution in [1.82, 2.24) is 0 Å². The molecule has 23 heavy (non-hydrogen) atoms. The van der Waals surface area contributed by atoms with Crippen LogP contribution in [-0.2, 0) is 6.61 Å². The number of methoxy groups -OCH3 is 1. The molecule has 4 nitrogen and oxygen atoms in total. The van der Waals surface area contributed by atoms with Gasteiger partial charge in [0.1, 0.15) is 18.2 Å². The highest BCUT2D eigenvalue weighted by atomic mass is 19.1. The van der Waals surface area contributed by atoms with E-state index in [-0.39, 0.29) is 18.2 Å². The van der Waals surface area contributed by atoms with Gasteiger partial charge in [-0.2, -0.15) is 0 Å². The third-order valence-electron chi connectivity index (χ3n) is 3.58. The van der Waals surface area contributed by atoms with Crippen molar-refractivity contribution in [3.8, 4) is 11.5 Å². The Bertz CT molecular complexity index is 867. The molecule has 1 aromatic heterocycles. The summed E-state index contributed by atoms with van der Waals surface area (Å²) in [6.45, 7) is 1.45. The fraction of sp³-hybridized carbons (Fsp3) is 0.167. The number of ether oxygens (including phenoxy) is 2. The second kappa shape index (κ2) is 6.12. The lowest BCUT2D eigenvalue weighted by atomic mass is 10.1. The zero-order valence-electron chi connectivity index (χ0n) is 12.8. The molecule has 3 rings (SSSR count). The number of hydrogen-bond donors (Lipinski definition) is 0. The van der Waals surface area contributed by atoms with Crippen LogP contribution in [0.5, 0.6) is 11.5 Å². The predicted molar refractivity (Wildman–Crippen MR) is 83.5 cm³/mol. The van der Waals surface area contributed by atoms with Gasteiger partial charge in [-0.05, 0) is 25.1 Å². The van der Waals surface area contributed by atoms with Crippen LogP contribution in [0.4, 0.5) is 4.39 Å². The molecule has 2 aromatic carbocycles. The van der Waals surface area contributed by atoms with Gasteiger partial charge < -0.3 is 13.9 Å². The molecule has 0 aliphatic heterocycles. The van der Waals surface area contributed by atoms with Crippen molar-refractivity contribution in [2.45, 2.75) is 13.5 Å². The minimum absolute atomic E-state index is 0.0135. The second-order valence-corrected chi connectivity index (χ2v) is 5.06. The number of carbonyl (C=O) groups is 1. The molecular weight excluding hydrogens is 299 g/mol. The van der Waals surface area contributed by atoms with Crippen LogP contribution >= 0.6 is 0 Å². The Hall–Kier alpha value is -2.82. The second-order valence-electron chi connectivity index (χ2n) is 5.06. The highest BCUT2D eigenvalue weighted by Gasteiger charge is 2.19. The minimum Gasteiger partial charge on any atom is -0.493 e. The maximum atomic E-state index is 13.7. The summed E-state index contributed by atoms with van der Waals surface area (Å²) in [5.41, 5.74) is 1.27. The molecule has 1 heterocycles. The average molecular weight is 314 g/mol. The van der Waals surface area contributed by atoms with Crippen molar-refractivity contribution in [2.75, 3.05) is 7.11 Å². The monoisotopic (exact) mass is 314 g/mol. The zero-order valence-corrected chi connectivity index (χ0v) is 12.8. The fourth-order valence-corrected chi connectivity index (χ4v) is 2.42. The number of benzene rings is 2. The first kappa shape index (κ1) is 15.1. The first-order valence-corrected chi connectivity index (χ1v) is 7.07. The van der Waals surface area contributed by atoms with E-state index in [1.807, 2.05) is 0 Å². The van der Waals surface area contributed by atoms with Gasteiger partial charge in [-0.15, -0.1) is 0 Å². The number of carbonyl (C=O) groups excluding carboxylic acids is 1. The Morgan fingerprint density at radius 3 is 2.74 bits per heavy atom. The molecule has 3 aromatic rings. The Morgan fingerprint density at radius 1 is 1.26 bits per heavy atom. The third kappa shape index (κ3) is 2.77. The first-order chi connectivity index (χ1) is 11.1. The van der Waals surface area contributed by atoms with E-state index >= 15 is 0 Å². The average Bonchev–Trinajstić information content (AvgIpc) is 3.03. The number of rotatable bonds is 5. The molecule has 0 saturated carbocycles. The minimum atomic E-state index is -0.353. The number of fused-ring (bicyclic) bond motifs is 1. The third-order valence-corrected chi connectivity index (χ3v) is 3.58. The highest BCUT2D eigenvalue weighted by molar-refractivity contribution is 6.04. The summed E-state index contributed by atoms with van der Waals surface area (Å²) in [6, 6.07) is 9.62. The smallest absolute Gasteiger partial charge is 0.179 e. The molecular formula is C18H15FO4. The van der Waals surface area contributed by atoms with Crippen LogP contribution in [-0.4, -0.2) is 12.9 Å². The van der Waals surface area contributed by atoms with Crippen LogP contribution in [0.3, 0.4) is 0 Å². The summed E-state index contributed by atoms with van der Waals surface area (Å²) < 4.78 is 30.2. The Labute approximate surface area is 132 Å². The van der Waals surface area contributed by atoms with Gasteiger partial charge >= 0.3 is 0 Å². The normalized spacial score (nSPS) is 10.7. The number of furan rings is 1. The van der Waals surface area contributed by atoms with Crippen LogP contribution in [0, 0.1) is 5.82 Å². The number of hydrogen-bond acceptors (Lipinski definition) is 4. The molecule has 0 bridgehead atoms. The number of ketones is 1. The molecule has 0 amide bonds. The zero-order chi connectivity index (χ0) is 16.4. The highest BCUT2D eigenvalue weighted by Crippen LogP contribution is 2.38. The summed E-state index contributed by atoms with van der Waals surface area (Å²) in [5.74, 6) is 0.294. The molecule has 0 saturated heterocycles. The molecule has 0 spiro atoms. The summed E-state index contributed by atoms with van der Waals surface area (Å²) in [4.78, 5) is 11.9. The van der Waals surface area contributed by atoms with Gasteiger partial charge in [-0.1, -0.05) is 18.2 Å². The van der Waals surface area contributed by atoms with Crippen LogP contribution in [0.25, 0.3) is 11.0 Å². The van der Waals surface area contributed by atoms with Crippen molar-refractivity contribution in [2.24, 2.45) is 0 Å². The lowest BCUT2D eigenvalue weighted by Gasteiger charge is -2.13. The molecule has 118 valence electrons. The molecule has 0 atom stereocenters. The lowest BCUT2D eigenvalue weighted by molar-refractivity contribution is 0.101. The van der Waals surface area contributed by atoms with Crippen LogP contribution < -0.4 is 9.47 Å². The Balaban J connectivity index is 2.05. The van der Waals surface area contributed by atoms with E-state index in [0.717, 1.165) is 0 Å². The molecule has 0 N–H and O–H groups in total. The van der Waals surface area contributed by atoms with Crippen molar-refractivity contribution in [3.63, 3.8) is 0 Å². The lowest BCUT2D eigenvalue weighted by Crippen LogP contribution is -2.04. The molecule has 5 heteroatoms. The van der Waals surface area contributed by atoms with Gasteiger partial charge in [-0.25, -0.2) is 4.39 Å². The van der Waals surface area contributed by atoms with E-state index in [4.69, 9.17) is 13.9 Å². The van der Waals surface area contributed by atoms with E-state index in [1.165, 1.54) is 26.4 Å². The van der Waals surface area contributed by atoms with Gasteiger partial charge in [0.05, 0.1) is 24.3 Å². The number of halogens is 1. The summed E-state index contributed by atoms with van der Waals surface area (Å²) in [5, 5.41) is 0.617. The standard InChI is InChI=1S/C18H15FO4/c1-11(20)14-9-16(21-2)18-13(7-8-22-18)17(14)23-10-12-5-3-4-6-15(12)19/h3-9H,10H2,1-2H3. The predicted octanol–water partition coefficient (Wildman–Crippen LogP) is 4.36.